The quantitative estimate of drug-likeness (QED) is 0.580. The van der Waals surface area contributed by atoms with Crippen molar-refractivity contribution in [1.29, 1.82) is 0 Å². The first kappa shape index (κ1) is 17.8. The number of amides is 2. The molecular formula is C18H17ClN2O6. The monoisotopic (exact) mass is 392 g/mol. The van der Waals surface area contributed by atoms with Gasteiger partial charge in [0.1, 0.15) is 6.10 Å². The Morgan fingerprint density at radius 1 is 1.19 bits per heavy atom. The fourth-order valence-corrected chi connectivity index (χ4v) is 4.65. The van der Waals surface area contributed by atoms with Crippen LogP contribution in [0.1, 0.15) is 23.2 Å². The average Bonchev–Trinajstić information content (AvgIpc) is 3.27. The third-order valence-electron chi connectivity index (χ3n) is 5.53. The number of hydrazine groups is 1. The Morgan fingerprint density at radius 3 is 2.74 bits per heavy atom. The highest BCUT2D eigenvalue weighted by molar-refractivity contribution is 6.33. The van der Waals surface area contributed by atoms with Gasteiger partial charge < -0.3 is 9.47 Å². The average molecular weight is 393 g/mol. The summed E-state index contributed by atoms with van der Waals surface area (Å²) in [7, 11) is 0. The van der Waals surface area contributed by atoms with Crippen LogP contribution in [-0.4, -0.2) is 36.5 Å². The number of halogens is 1. The molecule has 2 bridgehead atoms. The van der Waals surface area contributed by atoms with Crippen molar-refractivity contribution in [2.24, 2.45) is 23.7 Å². The maximum absolute atomic E-state index is 12.4. The van der Waals surface area contributed by atoms with E-state index < -0.39 is 36.2 Å². The van der Waals surface area contributed by atoms with Gasteiger partial charge in [0, 0.05) is 5.92 Å². The zero-order valence-corrected chi connectivity index (χ0v) is 14.9. The molecule has 3 aliphatic rings. The normalized spacial score (nSPS) is 30.0. The number of carbonyl (C=O) groups excluding carboxylic acids is 4. The van der Waals surface area contributed by atoms with Crippen LogP contribution in [0.25, 0.3) is 0 Å². The lowest BCUT2D eigenvalue weighted by Crippen LogP contribution is -2.44. The number of hydrogen-bond donors (Lipinski definition) is 2. The molecule has 142 valence electrons. The van der Waals surface area contributed by atoms with Gasteiger partial charge in [-0.15, -0.1) is 0 Å². The van der Waals surface area contributed by atoms with Crippen molar-refractivity contribution in [1.82, 2.24) is 10.9 Å². The number of rotatable bonds is 4. The van der Waals surface area contributed by atoms with Crippen LogP contribution in [0.2, 0.25) is 5.02 Å². The van der Waals surface area contributed by atoms with Crippen LogP contribution >= 0.6 is 11.6 Å². The molecule has 5 atom stereocenters. The summed E-state index contributed by atoms with van der Waals surface area (Å²) in [6.45, 7) is -0.555. The van der Waals surface area contributed by atoms with Crippen LogP contribution in [0.5, 0.6) is 0 Å². The van der Waals surface area contributed by atoms with Gasteiger partial charge in [0.2, 0.25) is 0 Å². The Kier molecular flexibility index (Phi) is 4.51. The maximum Gasteiger partial charge on any atom is 0.310 e. The van der Waals surface area contributed by atoms with Crippen molar-refractivity contribution < 1.29 is 28.7 Å². The molecule has 2 amide bonds. The minimum absolute atomic E-state index is 0.0620. The Hall–Kier alpha value is -2.61. The Labute approximate surface area is 159 Å². The molecule has 0 aromatic heterocycles. The number of ether oxygens (including phenoxy) is 2. The van der Waals surface area contributed by atoms with Gasteiger partial charge >= 0.3 is 11.9 Å². The van der Waals surface area contributed by atoms with E-state index in [9.17, 15) is 19.2 Å². The van der Waals surface area contributed by atoms with Gasteiger partial charge in [-0.1, -0.05) is 23.7 Å². The number of carbonyl (C=O) groups is 4. The zero-order chi connectivity index (χ0) is 19.1. The van der Waals surface area contributed by atoms with Crippen molar-refractivity contribution in [2.75, 3.05) is 6.61 Å². The highest BCUT2D eigenvalue weighted by Gasteiger charge is 2.64. The van der Waals surface area contributed by atoms with E-state index in [1.165, 1.54) is 6.07 Å². The van der Waals surface area contributed by atoms with Crippen LogP contribution in [0.15, 0.2) is 24.3 Å². The van der Waals surface area contributed by atoms with Gasteiger partial charge in [-0.25, -0.2) is 0 Å². The lowest BCUT2D eigenvalue weighted by atomic mass is 9.80. The summed E-state index contributed by atoms with van der Waals surface area (Å²) >= 11 is 5.90. The van der Waals surface area contributed by atoms with Gasteiger partial charge in [-0.05, 0) is 30.9 Å². The second kappa shape index (κ2) is 6.84. The molecule has 2 saturated carbocycles. The van der Waals surface area contributed by atoms with Gasteiger partial charge in [0.05, 0.1) is 22.4 Å². The topological polar surface area (TPSA) is 111 Å². The summed E-state index contributed by atoms with van der Waals surface area (Å²) < 4.78 is 10.3. The lowest BCUT2D eigenvalue weighted by Gasteiger charge is -2.22. The van der Waals surface area contributed by atoms with Crippen molar-refractivity contribution in [3.05, 3.63) is 34.9 Å². The van der Waals surface area contributed by atoms with Crippen molar-refractivity contribution in [2.45, 2.75) is 18.9 Å². The summed E-state index contributed by atoms with van der Waals surface area (Å²) in [5, 5.41) is 0.244. The molecule has 9 heteroatoms. The van der Waals surface area contributed by atoms with E-state index in [0.717, 1.165) is 6.42 Å². The van der Waals surface area contributed by atoms with Crippen LogP contribution in [0, 0.1) is 23.7 Å². The summed E-state index contributed by atoms with van der Waals surface area (Å²) in [4.78, 5) is 48.1. The van der Waals surface area contributed by atoms with E-state index in [1.807, 2.05) is 0 Å². The zero-order valence-electron chi connectivity index (χ0n) is 14.1. The molecular weight excluding hydrogens is 376 g/mol. The predicted molar refractivity (Wildman–Crippen MR) is 91.1 cm³/mol. The second-order valence-electron chi connectivity index (χ2n) is 7.01. The van der Waals surface area contributed by atoms with Crippen LogP contribution < -0.4 is 10.9 Å². The minimum Gasteiger partial charge on any atom is -0.462 e. The third kappa shape index (κ3) is 3.14. The van der Waals surface area contributed by atoms with E-state index in [1.54, 1.807) is 18.2 Å². The Bertz CT molecular complexity index is 826. The Morgan fingerprint density at radius 2 is 1.96 bits per heavy atom. The molecule has 1 aliphatic heterocycles. The van der Waals surface area contributed by atoms with Crippen LogP contribution in [0.4, 0.5) is 0 Å². The van der Waals surface area contributed by atoms with E-state index in [-0.39, 0.29) is 34.5 Å². The molecule has 4 rings (SSSR count). The largest absolute Gasteiger partial charge is 0.462 e. The molecule has 2 aliphatic carbocycles. The molecule has 1 saturated heterocycles. The SMILES string of the molecule is O=C(COC(=O)[C@@H]1[C@@H]2C[C@@H]3[C@H]1C(=O)O[C@@H]3C2)NNC(=O)c1ccccc1Cl. The highest BCUT2D eigenvalue weighted by Crippen LogP contribution is 2.57. The first-order valence-corrected chi connectivity index (χ1v) is 9.04. The minimum atomic E-state index is -0.696. The van der Waals surface area contributed by atoms with Gasteiger partial charge in [-0.2, -0.15) is 0 Å². The number of nitrogens with one attached hydrogen (secondary N) is 2. The van der Waals surface area contributed by atoms with Crippen molar-refractivity contribution >= 4 is 35.4 Å². The smallest absolute Gasteiger partial charge is 0.310 e. The molecule has 1 heterocycles. The fourth-order valence-electron chi connectivity index (χ4n) is 4.43. The van der Waals surface area contributed by atoms with Gasteiger partial charge in [0.25, 0.3) is 11.8 Å². The number of esters is 2. The highest BCUT2D eigenvalue weighted by atomic mass is 35.5. The van der Waals surface area contributed by atoms with Crippen molar-refractivity contribution in [3.8, 4) is 0 Å². The summed E-state index contributed by atoms with van der Waals surface area (Å²) in [6.07, 6.45) is 1.38. The van der Waals surface area contributed by atoms with E-state index in [0.29, 0.717) is 6.42 Å². The van der Waals surface area contributed by atoms with Gasteiger partial charge in [0.15, 0.2) is 6.61 Å². The summed E-state index contributed by atoms with van der Waals surface area (Å²) in [6, 6.07) is 6.37. The van der Waals surface area contributed by atoms with Crippen LogP contribution in [-0.2, 0) is 23.9 Å². The standard InChI is InChI=1S/C18H17ClN2O6/c19-11-4-2-1-3-9(11)16(23)21-20-13(22)7-26-17(24)14-8-5-10-12(6-8)27-18(25)15(10)14/h1-4,8,10,12,14-15H,5-7H2,(H,20,22)(H,21,23)/t8-,10+,12-,14-,15-/m1/s1. The predicted octanol–water partition coefficient (Wildman–Crippen LogP) is 0.842. The van der Waals surface area contributed by atoms with Crippen LogP contribution in [0.3, 0.4) is 0 Å². The second-order valence-corrected chi connectivity index (χ2v) is 7.42. The number of hydrogen-bond acceptors (Lipinski definition) is 6. The number of benzene rings is 1. The molecule has 1 aromatic rings. The molecule has 0 spiro atoms. The Balaban J connectivity index is 1.26. The van der Waals surface area contributed by atoms with E-state index in [4.69, 9.17) is 21.1 Å². The summed E-state index contributed by atoms with van der Waals surface area (Å²) in [5.74, 6) is -3.06. The lowest BCUT2D eigenvalue weighted by molar-refractivity contribution is -0.158. The molecule has 27 heavy (non-hydrogen) atoms. The third-order valence-corrected chi connectivity index (χ3v) is 5.86. The van der Waals surface area contributed by atoms with E-state index in [2.05, 4.69) is 10.9 Å². The maximum atomic E-state index is 12.4. The molecule has 0 unspecified atom stereocenters. The number of fused-ring (bicyclic) bond motifs is 1. The molecule has 8 nitrogen and oxygen atoms in total. The fraction of sp³-hybridized carbons (Fsp3) is 0.444. The van der Waals surface area contributed by atoms with Crippen molar-refractivity contribution in [3.63, 3.8) is 0 Å². The molecule has 0 radical (unpaired) electrons. The van der Waals surface area contributed by atoms with Gasteiger partial charge in [-0.3, -0.25) is 30.0 Å². The van der Waals surface area contributed by atoms with E-state index >= 15 is 0 Å². The molecule has 1 aromatic carbocycles. The summed E-state index contributed by atoms with van der Waals surface area (Å²) in [5.41, 5.74) is 4.57. The first-order valence-electron chi connectivity index (χ1n) is 8.66. The first-order chi connectivity index (χ1) is 13.0. The molecule has 2 N–H and O–H groups in total. The molecule has 3 fully saturated rings.